The minimum absolute atomic E-state index is 0.0105. The highest BCUT2D eigenvalue weighted by Gasteiger charge is 2.21. The van der Waals surface area contributed by atoms with Crippen LogP contribution in [0, 0.1) is 34.1 Å². The van der Waals surface area contributed by atoms with Crippen LogP contribution in [0.5, 0.6) is 11.5 Å². The number of non-ortho nitro benzene ring substituents is 1. The molecule has 0 saturated heterocycles. The van der Waals surface area contributed by atoms with Crippen LogP contribution in [0.1, 0.15) is 38.8 Å². The van der Waals surface area contributed by atoms with Crippen molar-refractivity contribution >= 4 is 35.1 Å². The third-order valence-corrected chi connectivity index (χ3v) is 7.07. The molecule has 5 rings (SSSR count). The number of carbonyl (C=O) groups is 1. The number of hydrogen-bond acceptors (Lipinski definition) is 9. The predicted octanol–water partition coefficient (Wildman–Crippen LogP) is 7.08. The first-order valence-electron chi connectivity index (χ1n) is 13.7. The van der Waals surface area contributed by atoms with Crippen molar-refractivity contribution in [2.75, 3.05) is 0 Å². The average molecular weight is 644 g/mol. The SMILES string of the molecule is Cc1ccc(C)n1-c1ccc(OCc2ccc(C(=O)N/N=C/c3cc(Cl)c(OCc4ccc([N+](=O)[O-])cc4)c([N+](=O)[O-])c3)o2)cc1. The monoisotopic (exact) mass is 643 g/mol. The zero-order valence-corrected chi connectivity index (χ0v) is 25.3. The largest absolute Gasteiger partial charge is 0.486 e. The number of nitrogens with zero attached hydrogens (tertiary/aromatic N) is 4. The maximum absolute atomic E-state index is 12.5. The first kappa shape index (κ1) is 31.5. The van der Waals surface area contributed by atoms with Gasteiger partial charge in [0.15, 0.2) is 5.76 Å². The number of amides is 1. The topological polar surface area (TPSA) is 164 Å². The molecule has 0 aliphatic heterocycles. The Labute approximate surface area is 266 Å². The Balaban J connectivity index is 1.16. The first-order valence-corrected chi connectivity index (χ1v) is 14.1. The zero-order chi connectivity index (χ0) is 32.8. The van der Waals surface area contributed by atoms with E-state index < -0.39 is 21.4 Å². The van der Waals surface area contributed by atoms with Gasteiger partial charge in [0, 0.05) is 40.8 Å². The van der Waals surface area contributed by atoms with Crippen molar-refractivity contribution in [2.24, 2.45) is 5.10 Å². The number of carbonyl (C=O) groups excluding carboxylic acids is 1. The van der Waals surface area contributed by atoms with Crippen LogP contribution in [0.4, 0.5) is 11.4 Å². The molecule has 5 aromatic rings. The van der Waals surface area contributed by atoms with Crippen molar-refractivity contribution in [3.8, 4) is 17.2 Å². The Kier molecular flexibility index (Phi) is 9.43. The summed E-state index contributed by atoms with van der Waals surface area (Å²) in [6.45, 7) is 4.06. The third kappa shape index (κ3) is 7.39. The van der Waals surface area contributed by atoms with Gasteiger partial charge in [-0.05, 0) is 86.1 Å². The summed E-state index contributed by atoms with van der Waals surface area (Å²) in [5.41, 5.74) is 5.83. The fourth-order valence-electron chi connectivity index (χ4n) is 4.54. The Bertz CT molecular complexity index is 1910. The number of halogens is 1. The van der Waals surface area contributed by atoms with Gasteiger partial charge >= 0.3 is 11.6 Å². The number of benzene rings is 3. The van der Waals surface area contributed by atoms with E-state index in [1.165, 1.54) is 48.7 Å². The smallest absolute Gasteiger partial charge is 0.313 e. The lowest BCUT2D eigenvalue weighted by atomic mass is 10.2. The summed E-state index contributed by atoms with van der Waals surface area (Å²) in [5, 5.41) is 26.3. The fourth-order valence-corrected chi connectivity index (χ4v) is 4.82. The molecule has 3 aromatic carbocycles. The van der Waals surface area contributed by atoms with E-state index in [0.29, 0.717) is 17.1 Å². The molecule has 46 heavy (non-hydrogen) atoms. The Morgan fingerprint density at radius 3 is 2.26 bits per heavy atom. The van der Waals surface area contributed by atoms with Gasteiger partial charge < -0.3 is 18.5 Å². The number of ether oxygens (including phenoxy) is 2. The second kappa shape index (κ2) is 13.8. The van der Waals surface area contributed by atoms with E-state index >= 15 is 0 Å². The van der Waals surface area contributed by atoms with Gasteiger partial charge in [-0.1, -0.05) is 11.6 Å². The second-order valence-electron chi connectivity index (χ2n) is 10.0. The van der Waals surface area contributed by atoms with Crippen LogP contribution >= 0.6 is 11.6 Å². The predicted molar refractivity (Wildman–Crippen MR) is 169 cm³/mol. The van der Waals surface area contributed by atoms with Crippen LogP contribution in [0.3, 0.4) is 0 Å². The Morgan fingerprint density at radius 2 is 1.61 bits per heavy atom. The molecule has 0 bridgehead atoms. The fraction of sp³-hybridized carbons (Fsp3) is 0.125. The molecule has 0 unspecified atom stereocenters. The van der Waals surface area contributed by atoms with Crippen LogP contribution in [0.15, 0.2) is 94.4 Å². The van der Waals surface area contributed by atoms with Crippen LogP contribution in [-0.2, 0) is 13.2 Å². The summed E-state index contributed by atoms with van der Waals surface area (Å²) in [5.74, 6) is 0.214. The van der Waals surface area contributed by atoms with Crippen LogP contribution < -0.4 is 14.9 Å². The number of aryl methyl sites for hydroxylation is 2. The highest BCUT2D eigenvalue weighted by Crippen LogP contribution is 2.36. The minimum atomic E-state index is -0.669. The van der Waals surface area contributed by atoms with Gasteiger partial charge in [0.1, 0.15) is 24.7 Å². The molecule has 0 saturated carbocycles. The molecule has 0 atom stereocenters. The number of aromatic nitrogens is 1. The molecule has 0 spiro atoms. The van der Waals surface area contributed by atoms with Crippen LogP contribution in [0.2, 0.25) is 5.02 Å². The molecule has 13 nitrogen and oxygen atoms in total. The number of nitrogens with one attached hydrogen (secondary N) is 1. The van der Waals surface area contributed by atoms with Crippen LogP contribution in [-0.4, -0.2) is 26.5 Å². The molecule has 1 N–H and O–H groups in total. The standard InChI is InChI=1S/C32H26ClN5O8/c1-20-3-4-21(2)36(20)24-9-11-26(12-10-24)44-19-27-13-14-30(46-27)32(39)35-34-17-23-15-28(33)31(29(16-23)38(42)43)45-18-22-5-7-25(8-6-22)37(40)41/h3-17H,18-19H2,1-2H3,(H,35,39)/b34-17+. The van der Waals surface area contributed by atoms with E-state index in [1.807, 2.05) is 38.1 Å². The molecular formula is C32H26ClN5O8. The zero-order valence-electron chi connectivity index (χ0n) is 24.5. The number of hydrazone groups is 1. The van der Waals surface area contributed by atoms with E-state index in [4.69, 9.17) is 25.5 Å². The number of rotatable bonds is 12. The maximum atomic E-state index is 12.5. The minimum Gasteiger partial charge on any atom is -0.486 e. The maximum Gasteiger partial charge on any atom is 0.313 e. The summed E-state index contributed by atoms with van der Waals surface area (Å²) >= 11 is 6.27. The Hall–Kier alpha value is -5.95. The third-order valence-electron chi connectivity index (χ3n) is 6.79. The Morgan fingerprint density at radius 1 is 0.913 bits per heavy atom. The van der Waals surface area contributed by atoms with Gasteiger partial charge in [0.05, 0.1) is 21.1 Å². The number of furan rings is 1. The highest BCUT2D eigenvalue weighted by molar-refractivity contribution is 6.32. The van der Waals surface area contributed by atoms with E-state index in [0.717, 1.165) is 17.1 Å². The van der Waals surface area contributed by atoms with Gasteiger partial charge in [0.25, 0.3) is 5.69 Å². The quantitative estimate of drug-likeness (QED) is 0.0856. The molecule has 14 heteroatoms. The van der Waals surface area contributed by atoms with Crippen molar-refractivity contribution in [1.29, 1.82) is 0 Å². The lowest BCUT2D eigenvalue weighted by molar-refractivity contribution is -0.386. The summed E-state index contributed by atoms with van der Waals surface area (Å²) in [4.78, 5) is 33.9. The van der Waals surface area contributed by atoms with E-state index in [2.05, 4.69) is 27.2 Å². The molecule has 0 radical (unpaired) electrons. The van der Waals surface area contributed by atoms with Crippen molar-refractivity contribution in [3.05, 3.63) is 144 Å². The highest BCUT2D eigenvalue weighted by atomic mass is 35.5. The first-order chi connectivity index (χ1) is 22.1. The number of hydrogen-bond donors (Lipinski definition) is 1. The van der Waals surface area contributed by atoms with Gasteiger partial charge in [-0.15, -0.1) is 0 Å². The van der Waals surface area contributed by atoms with E-state index in [1.54, 1.807) is 6.07 Å². The number of nitro groups is 2. The van der Waals surface area contributed by atoms with Crippen molar-refractivity contribution in [1.82, 2.24) is 9.99 Å². The van der Waals surface area contributed by atoms with E-state index in [9.17, 15) is 25.0 Å². The molecule has 1 amide bonds. The van der Waals surface area contributed by atoms with Gasteiger partial charge in [-0.3, -0.25) is 25.0 Å². The molecule has 2 aromatic heterocycles. The van der Waals surface area contributed by atoms with Crippen molar-refractivity contribution in [3.63, 3.8) is 0 Å². The molecule has 2 heterocycles. The normalized spacial score (nSPS) is 11.0. The van der Waals surface area contributed by atoms with Gasteiger partial charge in [0.2, 0.25) is 5.75 Å². The second-order valence-corrected chi connectivity index (χ2v) is 10.4. The lowest BCUT2D eigenvalue weighted by Gasteiger charge is -2.10. The molecule has 234 valence electrons. The summed E-state index contributed by atoms with van der Waals surface area (Å²) in [7, 11) is 0. The molecule has 0 aliphatic rings. The van der Waals surface area contributed by atoms with Crippen molar-refractivity contribution < 1.29 is 28.5 Å². The summed E-state index contributed by atoms with van der Waals surface area (Å²) < 4.78 is 19.1. The molecule has 0 fully saturated rings. The van der Waals surface area contributed by atoms with E-state index in [-0.39, 0.29) is 41.0 Å². The van der Waals surface area contributed by atoms with Crippen molar-refractivity contribution in [2.45, 2.75) is 27.1 Å². The van der Waals surface area contributed by atoms with Gasteiger partial charge in [-0.25, -0.2) is 5.43 Å². The lowest BCUT2D eigenvalue weighted by Crippen LogP contribution is -2.16. The summed E-state index contributed by atoms with van der Waals surface area (Å²) in [6.07, 6.45) is 1.18. The number of nitro benzene ring substituents is 2. The summed E-state index contributed by atoms with van der Waals surface area (Å²) in [6, 6.07) is 22.9. The average Bonchev–Trinajstić information content (AvgIpc) is 3.65. The molecular weight excluding hydrogens is 618 g/mol. The molecule has 0 aliphatic carbocycles. The van der Waals surface area contributed by atoms with Gasteiger partial charge in [-0.2, -0.15) is 5.10 Å². The van der Waals surface area contributed by atoms with Crippen LogP contribution in [0.25, 0.3) is 5.69 Å².